The molecule has 2 aromatic heterocycles. The molecule has 3 aromatic rings. The second kappa shape index (κ2) is 4.18. The van der Waals surface area contributed by atoms with E-state index in [0.717, 1.165) is 41.0 Å². The molecule has 1 saturated heterocycles. The number of furan rings is 1. The van der Waals surface area contributed by atoms with Gasteiger partial charge in [-0.25, -0.2) is 9.97 Å². The molecule has 2 N–H and O–H groups in total. The molecule has 0 spiro atoms. The maximum Gasteiger partial charge on any atom is 0.196 e. The molecule has 20 heavy (non-hydrogen) atoms. The average Bonchev–Trinajstić information content (AvgIpc) is 2.99. The van der Waals surface area contributed by atoms with E-state index in [2.05, 4.69) is 21.8 Å². The Morgan fingerprint density at radius 3 is 2.90 bits per heavy atom. The Balaban J connectivity index is 1.92. The van der Waals surface area contributed by atoms with Gasteiger partial charge in [0.25, 0.3) is 0 Å². The smallest absolute Gasteiger partial charge is 0.196 e. The molecule has 2 atom stereocenters. The lowest BCUT2D eigenvalue weighted by Crippen LogP contribution is -2.28. The summed E-state index contributed by atoms with van der Waals surface area (Å²) in [5.74, 6) is 1.32. The fourth-order valence-corrected chi connectivity index (χ4v) is 2.90. The molecule has 4 rings (SSSR count). The molecule has 102 valence electrons. The zero-order valence-electron chi connectivity index (χ0n) is 11.3. The predicted octanol–water partition coefficient (Wildman–Crippen LogP) is 2.16. The monoisotopic (exact) mass is 268 g/mol. The van der Waals surface area contributed by atoms with E-state index in [1.165, 1.54) is 0 Å². The molecule has 1 aliphatic heterocycles. The summed E-state index contributed by atoms with van der Waals surface area (Å²) in [4.78, 5) is 11.0. The van der Waals surface area contributed by atoms with Gasteiger partial charge in [-0.2, -0.15) is 0 Å². The second-order valence-corrected chi connectivity index (χ2v) is 5.52. The first-order chi connectivity index (χ1) is 9.74. The highest BCUT2D eigenvalue weighted by Gasteiger charge is 2.29. The van der Waals surface area contributed by atoms with Gasteiger partial charge in [0, 0.05) is 24.5 Å². The van der Waals surface area contributed by atoms with E-state index in [1.807, 2.05) is 24.3 Å². The molecule has 0 aliphatic carbocycles. The first-order valence-corrected chi connectivity index (χ1v) is 6.87. The van der Waals surface area contributed by atoms with Gasteiger partial charge in [-0.1, -0.05) is 19.1 Å². The third-order valence-electron chi connectivity index (χ3n) is 4.11. The number of fused-ring (bicyclic) bond motifs is 3. The molecular formula is C15H16N4O. The van der Waals surface area contributed by atoms with Crippen LogP contribution in [0.2, 0.25) is 0 Å². The van der Waals surface area contributed by atoms with Gasteiger partial charge in [0.2, 0.25) is 0 Å². The molecule has 0 amide bonds. The maximum atomic E-state index is 6.11. The Morgan fingerprint density at radius 2 is 2.10 bits per heavy atom. The summed E-state index contributed by atoms with van der Waals surface area (Å²) in [6, 6.07) is 8.12. The van der Waals surface area contributed by atoms with E-state index in [4.69, 9.17) is 10.2 Å². The van der Waals surface area contributed by atoms with E-state index >= 15 is 0 Å². The van der Waals surface area contributed by atoms with E-state index in [0.29, 0.717) is 5.92 Å². The number of rotatable bonds is 1. The average molecular weight is 268 g/mol. The number of hydrogen-bond acceptors (Lipinski definition) is 5. The zero-order chi connectivity index (χ0) is 13.7. The fraction of sp³-hybridized carbons (Fsp3) is 0.333. The van der Waals surface area contributed by atoms with Gasteiger partial charge in [-0.3, -0.25) is 0 Å². The summed E-state index contributed by atoms with van der Waals surface area (Å²) < 4.78 is 5.96. The van der Waals surface area contributed by atoms with E-state index in [9.17, 15) is 0 Å². The molecule has 2 unspecified atom stereocenters. The first kappa shape index (κ1) is 11.7. The van der Waals surface area contributed by atoms with Crippen LogP contribution in [0.25, 0.3) is 22.1 Å². The Hall–Kier alpha value is -2.14. The van der Waals surface area contributed by atoms with Crippen molar-refractivity contribution < 1.29 is 4.42 Å². The van der Waals surface area contributed by atoms with Crippen LogP contribution in [-0.2, 0) is 0 Å². The van der Waals surface area contributed by atoms with Crippen LogP contribution < -0.4 is 10.6 Å². The van der Waals surface area contributed by atoms with E-state index in [-0.39, 0.29) is 6.04 Å². The minimum Gasteiger partial charge on any atom is -0.450 e. The minimum atomic E-state index is 0.185. The summed E-state index contributed by atoms with van der Waals surface area (Å²) in [6.45, 7) is 3.89. The quantitative estimate of drug-likeness (QED) is 0.732. The topological polar surface area (TPSA) is 68.2 Å². The number of anilines is 1. The van der Waals surface area contributed by atoms with Gasteiger partial charge < -0.3 is 15.1 Å². The lowest BCUT2D eigenvalue weighted by atomic mass is 10.1. The van der Waals surface area contributed by atoms with Crippen molar-refractivity contribution in [3.8, 4) is 0 Å². The van der Waals surface area contributed by atoms with Gasteiger partial charge in [0.05, 0.1) is 0 Å². The SMILES string of the molecule is CC1CN(c2ncnc3c2oc2ccccc23)CC1N. The summed E-state index contributed by atoms with van der Waals surface area (Å²) in [6.07, 6.45) is 1.61. The Morgan fingerprint density at radius 1 is 1.25 bits per heavy atom. The highest BCUT2D eigenvalue weighted by Crippen LogP contribution is 2.33. The van der Waals surface area contributed by atoms with Crippen molar-refractivity contribution in [1.82, 2.24) is 9.97 Å². The van der Waals surface area contributed by atoms with Gasteiger partial charge in [-0.15, -0.1) is 0 Å². The van der Waals surface area contributed by atoms with Gasteiger partial charge >= 0.3 is 0 Å². The van der Waals surface area contributed by atoms with Gasteiger partial charge in [-0.05, 0) is 18.1 Å². The van der Waals surface area contributed by atoms with Crippen molar-refractivity contribution in [2.45, 2.75) is 13.0 Å². The third-order valence-corrected chi connectivity index (χ3v) is 4.11. The van der Waals surface area contributed by atoms with Crippen LogP contribution in [0.15, 0.2) is 35.0 Å². The molecular weight excluding hydrogens is 252 g/mol. The Kier molecular flexibility index (Phi) is 2.44. The second-order valence-electron chi connectivity index (χ2n) is 5.52. The predicted molar refractivity (Wildman–Crippen MR) is 78.7 cm³/mol. The standard InChI is InChI=1S/C15H16N4O/c1-9-6-19(7-11(9)16)15-14-13(17-8-18-15)10-4-2-3-5-12(10)20-14/h2-5,8-9,11H,6-7,16H2,1H3. The van der Waals surface area contributed by atoms with Crippen molar-refractivity contribution in [3.05, 3.63) is 30.6 Å². The molecule has 5 heteroatoms. The molecule has 0 radical (unpaired) electrons. The highest BCUT2D eigenvalue weighted by molar-refractivity contribution is 6.05. The molecule has 0 bridgehead atoms. The number of nitrogens with two attached hydrogens (primary N) is 1. The number of para-hydroxylation sites is 1. The third kappa shape index (κ3) is 1.59. The largest absolute Gasteiger partial charge is 0.450 e. The van der Waals surface area contributed by atoms with Gasteiger partial charge in [0.15, 0.2) is 11.4 Å². The molecule has 1 aromatic carbocycles. The lowest BCUT2D eigenvalue weighted by Gasteiger charge is -2.16. The van der Waals surface area contributed by atoms with Crippen molar-refractivity contribution in [1.29, 1.82) is 0 Å². The van der Waals surface area contributed by atoms with E-state index < -0.39 is 0 Å². The van der Waals surface area contributed by atoms with Crippen LogP contribution in [0.3, 0.4) is 0 Å². The summed E-state index contributed by atoms with van der Waals surface area (Å²) in [5.41, 5.74) is 8.59. The Bertz CT molecular complexity index is 772. The zero-order valence-corrected chi connectivity index (χ0v) is 11.3. The molecule has 1 fully saturated rings. The van der Waals surface area contributed by atoms with Crippen molar-refractivity contribution in [2.75, 3.05) is 18.0 Å². The first-order valence-electron chi connectivity index (χ1n) is 6.87. The minimum absolute atomic E-state index is 0.185. The Labute approximate surface area is 116 Å². The van der Waals surface area contributed by atoms with E-state index in [1.54, 1.807) is 6.33 Å². The summed E-state index contributed by atoms with van der Waals surface area (Å²) in [7, 11) is 0. The van der Waals surface area contributed by atoms with Crippen LogP contribution in [0.5, 0.6) is 0 Å². The van der Waals surface area contributed by atoms with Crippen molar-refractivity contribution in [2.24, 2.45) is 11.7 Å². The highest BCUT2D eigenvalue weighted by atomic mass is 16.3. The molecule has 3 heterocycles. The van der Waals surface area contributed by atoms with Crippen LogP contribution in [0, 0.1) is 5.92 Å². The summed E-state index contributed by atoms with van der Waals surface area (Å²) in [5, 5.41) is 1.03. The number of hydrogen-bond donors (Lipinski definition) is 1. The normalized spacial score (nSPS) is 23.0. The number of benzene rings is 1. The van der Waals surface area contributed by atoms with Crippen LogP contribution in [-0.4, -0.2) is 29.1 Å². The fourth-order valence-electron chi connectivity index (χ4n) is 2.90. The molecule has 1 aliphatic rings. The van der Waals surface area contributed by atoms with Crippen molar-refractivity contribution >= 4 is 27.9 Å². The van der Waals surface area contributed by atoms with Crippen LogP contribution in [0.4, 0.5) is 5.82 Å². The lowest BCUT2D eigenvalue weighted by molar-refractivity contribution is 0.566. The molecule has 5 nitrogen and oxygen atoms in total. The van der Waals surface area contributed by atoms with Crippen LogP contribution >= 0.6 is 0 Å². The van der Waals surface area contributed by atoms with Crippen molar-refractivity contribution in [3.63, 3.8) is 0 Å². The number of aromatic nitrogens is 2. The van der Waals surface area contributed by atoms with Crippen LogP contribution in [0.1, 0.15) is 6.92 Å². The molecule has 0 saturated carbocycles. The number of nitrogens with zero attached hydrogens (tertiary/aromatic N) is 3. The summed E-state index contributed by atoms with van der Waals surface area (Å²) >= 11 is 0. The maximum absolute atomic E-state index is 6.11. The van der Waals surface area contributed by atoms with Gasteiger partial charge in [0.1, 0.15) is 17.4 Å².